The fourth-order valence-corrected chi connectivity index (χ4v) is 4.01. The van der Waals surface area contributed by atoms with Crippen LogP contribution in [0.1, 0.15) is 51.4 Å². The van der Waals surface area contributed by atoms with Gasteiger partial charge in [0.25, 0.3) is 0 Å². The van der Waals surface area contributed by atoms with E-state index in [1.807, 2.05) is 0 Å². The number of piperidine rings is 2. The van der Waals surface area contributed by atoms with E-state index >= 15 is 0 Å². The molecule has 1 N–H and O–H groups in total. The van der Waals surface area contributed by atoms with E-state index in [-0.39, 0.29) is 0 Å². The Balaban J connectivity index is 1.42. The van der Waals surface area contributed by atoms with E-state index in [1.54, 1.807) is 0 Å². The highest BCUT2D eigenvalue weighted by Crippen LogP contribution is 2.22. The summed E-state index contributed by atoms with van der Waals surface area (Å²) in [5, 5.41) is 3.54. The summed E-state index contributed by atoms with van der Waals surface area (Å²) in [4.78, 5) is 17.1. The molecule has 3 aliphatic rings. The minimum atomic E-state index is 0.391. The van der Waals surface area contributed by atoms with Gasteiger partial charge in [-0.3, -0.25) is 9.69 Å². The number of nitrogens with one attached hydrogen (secondary N) is 1. The zero-order valence-electron chi connectivity index (χ0n) is 12.6. The summed E-state index contributed by atoms with van der Waals surface area (Å²) >= 11 is 0. The van der Waals surface area contributed by atoms with E-state index in [0.29, 0.717) is 18.0 Å². The Bertz CT molecular complexity index is 328. The van der Waals surface area contributed by atoms with Crippen LogP contribution >= 0.6 is 0 Å². The van der Waals surface area contributed by atoms with Crippen molar-refractivity contribution < 1.29 is 4.79 Å². The van der Waals surface area contributed by atoms with Crippen LogP contribution in [0.5, 0.6) is 0 Å². The molecule has 3 heterocycles. The summed E-state index contributed by atoms with van der Waals surface area (Å²) < 4.78 is 0. The summed E-state index contributed by atoms with van der Waals surface area (Å²) in [6.45, 7) is 5.42. The van der Waals surface area contributed by atoms with Crippen LogP contribution in [0.2, 0.25) is 0 Å². The number of nitrogens with zero attached hydrogens (tertiary/aromatic N) is 2. The number of carbonyl (C=O) groups is 1. The van der Waals surface area contributed by atoms with Gasteiger partial charge < -0.3 is 10.2 Å². The first kappa shape index (κ1) is 14.3. The predicted molar refractivity (Wildman–Crippen MR) is 80.7 cm³/mol. The maximum Gasteiger partial charge on any atom is 0.222 e. The normalized spacial score (nSPS) is 31.9. The van der Waals surface area contributed by atoms with E-state index in [1.165, 1.54) is 45.1 Å². The zero-order valence-corrected chi connectivity index (χ0v) is 12.6. The Labute approximate surface area is 122 Å². The molecule has 0 saturated carbocycles. The summed E-state index contributed by atoms with van der Waals surface area (Å²) in [5.41, 5.74) is 0. The van der Waals surface area contributed by atoms with Crippen LogP contribution in [0.15, 0.2) is 0 Å². The fourth-order valence-electron chi connectivity index (χ4n) is 4.01. The van der Waals surface area contributed by atoms with Gasteiger partial charge in [-0.15, -0.1) is 0 Å². The number of carbonyl (C=O) groups excluding carboxylic acids is 1. The van der Waals surface area contributed by atoms with Crippen molar-refractivity contribution >= 4 is 5.91 Å². The van der Waals surface area contributed by atoms with Crippen LogP contribution in [-0.4, -0.2) is 60.5 Å². The van der Waals surface area contributed by atoms with E-state index < -0.39 is 0 Å². The van der Waals surface area contributed by atoms with Gasteiger partial charge in [0.15, 0.2) is 0 Å². The number of hydrogen-bond acceptors (Lipinski definition) is 3. The maximum atomic E-state index is 12.4. The lowest BCUT2D eigenvalue weighted by molar-refractivity contribution is -0.135. The quantitative estimate of drug-likeness (QED) is 0.852. The van der Waals surface area contributed by atoms with Crippen molar-refractivity contribution in [2.45, 2.75) is 63.5 Å². The molecule has 0 spiro atoms. The van der Waals surface area contributed by atoms with Gasteiger partial charge in [-0.2, -0.15) is 0 Å². The molecule has 0 aromatic heterocycles. The summed E-state index contributed by atoms with van der Waals surface area (Å²) in [6, 6.07) is 1.23. The van der Waals surface area contributed by atoms with Crippen molar-refractivity contribution in [3.8, 4) is 0 Å². The van der Waals surface area contributed by atoms with Crippen LogP contribution < -0.4 is 5.32 Å². The van der Waals surface area contributed by atoms with Gasteiger partial charge >= 0.3 is 0 Å². The summed E-state index contributed by atoms with van der Waals surface area (Å²) in [5.74, 6) is 0.391. The smallest absolute Gasteiger partial charge is 0.222 e. The third-order valence-corrected chi connectivity index (χ3v) is 5.31. The van der Waals surface area contributed by atoms with Crippen LogP contribution in [0, 0.1) is 0 Å². The van der Waals surface area contributed by atoms with E-state index in [2.05, 4.69) is 15.1 Å². The molecule has 2 atom stereocenters. The topological polar surface area (TPSA) is 35.6 Å². The monoisotopic (exact) mass is 279 g/mol. The third kappa shape index (κ3) is 3.53. The highest BCUT2D eigenvalue weighted by molar-refractivity contribution is 5.76. The molecule has 3 fully saturated rings. The number of rotatable bonds is 3. The van der Waals surface area contributed by atoms with Gasteiger partial charge in [0, 0.05) is 38.1 Å². The molecule has 0 aliphatic carbocycles. The number of hydrogen-bond donors (Lipinski definition) is 1. The molecule has 0 aromatic carbocycles. The van der Waals surface area contributed by atoms with E-state index in [9.17, 15) is 4.79 Å². The molecule has 3 aliphatic heterocycles. The molecular formula is C16H29N3O. The second kappa shape index (κ2) is 6.90. The Morgan fingerprint density at radius 1 is 1.05 bits per heavy atom. The van der Waals surface area contributed by atoms with Crippen molar-refractivity contribution in [3.63, 3.8) is 0 Å². The highest BCUT2D eigenvalue weighted by Gasteiger charge is 2.30. The standard InChI is InChI=1S/C16H29N3O/c20-16(8-7-14-5-1-3-9-17-14)19-12-11-18-10-4-2-6-15(18)13-19/h14-15,17H,1-13H2. The van der Waals surface area contributed by atoms with Crippen LogP contribution in [0.4, 0.5) is 0 Å². The van der Waals surface area contributed by atoms with Gasteiger partial charge in [-0.1, -0.05) is 12.8 Å². The molecule has 1 amide bonds. The number of amides is 1. The lowest BCUT2D eigenvalue weighted by Gasteiger charge is -2.44. The Hall–Kier alpha value is -0.610. The average molecular weight is 279 g/mol. The van der Waals surface area contributed by atoms with Gasteiger partial charge in [-0.05, 0) is 45.2 Å². The largest absolute Gasteiger partial charge is 0.340 e. The Morgan fingerprint density at radius 2 is 1.95 bits per heavy atom. The van der Waals surface area contributed by atoms with Crippen LogP contribution in [-0.2, 0) is 4.79 Å². The molecular weight excluding hydrogens is 250 g/mol. The average Bonchev–Trinajstić information content (AvgIpc) is 2.53. The second-order valence-electron chi connectivity index (χ2n) is 6.71. The highest BCUT2D eigenvalue weighted by atomic mass is 16.2. The van der Waals surface area contributed by atoms with E-state index in [0.717, 1.165) is 39.0 Å². The molecule has 3 rings (SSSR count). The van der Waals surface area contributed by atoms with Crippen molar-refractivity contribution in [1.29, 1.82) is 0 Å². The molecule has 4 heteroatoms. The summed E-state index contributed by atoms with van der Waals surface area (Å²) in [6.07, 6.45) is 9.62. The summed E-state index contributed by atoms with van der Waals surface area (Å²) in [7, 11) is 0. The molecule has 0 bridgehead atoms. The lowest BCUT2D eigenvalue weighted by atomic mass is 9.98. The van der Waals surface area contributed by atoms with Crippen molar-refractivity contribution in [1.82, 2.24) is 15.1 Å². The minimum absolute atomic E-state index is 0.391. The Kier molecular flexibility index (Phi) is 4.94. The first-order valence-electron chi connectivity index (χ1n) is 8.58. The molecule has 3 saturated heterocycles. The SMILES string of the molecule is O=C(CCC1CCCCN1)N1CCN2CCCCC2C1. The van der Waals surface area contributed by atoms with Gasteiger partial charge in [0.2, 0.25) is 5.91 Å². The first-order valence-corrected chi connectivity index (χ1v) is 8.58. The lowest BCUT2D eigenvalue weighted by Crippen LogP contribution is -2.56. The molecule has 2 unspecified atom stereocenters. The van der Waals surface area contributed by atoms with E-state index in [4.69, 9.17) is 0 Å². The molecule has 0 aromatic rings. The first-order chi connectivity index (χ1) is 9.83. The van der Waals surface area contributed by atoms with Crippen molar-refractivity contribution in [2.24, 2.45) is 0 Å². The van der Waals surface area contributed by atoms with Crippen LogP contribution in [0.25, 0.3) is 0 Å². The fraction of sp³-hybridized carbons (Fsp3) is 0.938. The molecule has 114 valence electrons. The predicted octanol–water partition coefficient (Wildman–Crippen LogP) is 1.61. The molecule has 20 heavy (non-hydrogen) atoms. The van der Waals surface area contributed by atoms with Crippen LogP contribution in [0.3, 0.4) is 0 Å². The minimum Gasteiger partial charge on any atom is -0.340 e. The van der Waals surface area contributed by atoms with Gasteiger partial charge in [0.05, 0.1) is 0 Å². The third-order valence-electron chi connectivity index (χ3n) is 5.31. The Morgan fingerprint density at radius 3 is 2.80 bits per heavy atom. The van der Waals surface area contributed by atoms with Gasteiger partial charge in [-0.25, -0.2) is 0 Å². The second-order valence-corrected chi connectivity index (χ2v) is 6.71. The molecule has 4 nitrogen and oxygen atoms in total. The maximum absolute atomic E-state index is 12.4. The van der Waals surface area contributed by atoms with Crippen molar-refractivity contribution in [3.05, 3.63) is 0 Å². The number of piperazine rings is 1. The van der Waals surface area contributed by atoms with Crippen molar-refractivity contribution in [2.75, 3.05) is 32.7 Å². The van der Waals surface area contributed by atoms with Gasteiger partial charge in [0.1, 0.15) is 0 Å². The number of fused-ring (bicyclic) bond motifs is 1. The zero-order chi connectivity index (χ0) is 13.8. The molecule has 0 radical (unpaired) electrons.